The normalized spacial score (nSPS) is 10.6. The van der Waals surface area contributed by atoms with Gasteiger partial charge in [0.1, 0.15) is 5.52 Å². The van der Waals surface area contributed by atoms with Gasteiger partial charge in [-0.1, -0.05) is 6.07 Å². The predicted octanol–water partition coefficient (Wildman–Crippen LogP) is 1.19. The quantitative estimate of drug-likeness (QED) is 0.485. The molecule has 0 fully saturated rings. The molecule has 6 nitrogen and oxygen atoms in total. The van der Waals surface area contributed by atoms with Crippen molar-refractivity contribution in [1.82, 2.24) is 15.3 Å². The van der Waals surface area contributed by atoms with Gasteiger partial charge in [0.15, 0.2) is 11.5 Å². The molecule has 3 N–H and O–H groups in total. The Labute approximate surface area is 105 Å². The van der Waals surface area contributed by atoms with Crippen molar-refractivity contribution in [3.63, 3.8) is 0 Å². The van der Waals surface area contributed by atoms with Crippen molar-refractivity contribution in [1.29, 1.82) is 0 Å². The Morgan fingerprint density at radius 1 is 1.56 bits per heavy atom. The molecule has 0 atom stereocenters. The lowest BCUT2D eigenvalue weighted by Crippen LogP contribution is -2.41. The number of hydrazine groups is 1. The third kappa shape index (κ3) is 2.60. The molecule has 18 heavy (non-hydrogen) atoms. The molecule has 2 aromatic rings. The van der Waals surface area contributed by atoms with Crippen molar-refractivity contribution in [3.05, 3.63) is 29.7 Å². The number of fused-ring (bicyclic) bond motifs is 1. The number of carbonyl (C=O) groups excluding carboxylic acids is 1. The van der Waals surface area contributed by atoms with E-state index in [2.05, 4.69) is 10.4 Å². The number of aryl methyl sites for hydroxylation is 1. The molecular weight excluding hydrogens is 232 g/mol. The maximum atomic E-state index is 11.2. The molecule has 0 saturated carbocycles. The van der Waals surface area contributed by atoms with E-state index in [4.69, 9.17) is 10.3 Å². The highest BCUT2D eigenvalue weighted by Crippen LogP contribution is 2.17. The van der Waals surface area contributed by atoms with Crippen LogP contribution in [0.3, 0.4) is 0 Å². The highest BCUT2D eigenvalue weighted by Gasteiger charge is 2.07. The van der Waals surface area contributed by atoms with Gasteiger partial charge in [-0.25, -0.2) is 15.6 Å². The number of rotatable bonds is 3. The van der Waals surface area contributed by atoms with Gasteiger partial charge in [0, 0.05) is 20.5 Å². The van der Waals surface area contributed by atoms with Crippen molar-refractivity contribution >= 4 is 17.1 Å². The predicted molar refractivity (Wildman–Crippen MR) is 67.8 cm³/mol. The van der Waals surface area contributed by atoms with Crippen LogP contribution < -0.4 is 11.3 Å². The van der Waals surface area contributed by atoms with E-state index >= 15 is 0 Å². The van der Waals surface area contributed by atoms with Crippen LogP contribution in [0.1, 0.15) is 11.5 Å². The zero-order valence-electron chi connectivity index (χ0n) is 10.4. The lowest BCUT2D eigenvalue weighted by Gasteiger charge is -2.15. The number of hydrogen-bond acceptors (Lipinski definition) is 4. The fourth-order valence-electron chi connectivity index (χ4n) is 1.75. The Balaban J connectivity index is 2.05. The number of benzene rings is 1. The van der Waals surface area contributed by atoms with Crippen molar-refractivity contribution in [2.45, 2.75) is 13.3 Å². The first kappa shape index (κ1) is 12.4. The lowest BCUT2D eigenvalue weighted by atomic mass is 10.1. The van der Waals surface area contributed by atoms with Crippen molar-refractivity contribution < 1.29 is 9.21 Å². The molecule has 1 heterocycles. The van der Waals surface area contributed by atoms with Gasteiger partial charge in [0.05, 0.1) is 0 Å². The van der Waals surface area contributed by atoms with Crippen LogP contribution in [0.25, 0.3) is 11.1 Å². The van der Waals surface area contributed by atoms with Crippen LogP contribution in [-0.4, -0.2) is 29.5 Å². The molecule has 96 valence electrons. The van der Waals surface area contributed by atoms with Gasteiger partial charge in [-0.3, -0.25) is 5.43 Å². The summed E-state index contributed by atoms with van der Waals surface area (Å²) >= 11 is 0. The number of nitrogens with one attached hydrogen (secondary N) is 1. The van der Waals surface area contributed by atoms with Crippen LogP contribution in [0, 0.1) is 6.92 Å². The molecule has 2 amide bonds. The summed E-state index contributed by atoms with van der Waals surface area (Å²) in [4.78, 5) is 17.0. The van der Waals surface area contributed by atoms with Crippen LogP contribution in [0.15, 0.2) is 22.6 Å². The van der Waals surface area contributed by atoms with Gasteiger partial charge in [-0.05, 0) is 24.1 Å². The summed E-state index contributed by atoms with van der Waals surface area (Å²) in [6.45, 7) is 2.41. The number of nitrogens with two attached hydrogens (primary N) is 1. The fraction of sp³-hybridized carbons (Fsp3) is 0.333. The van der Waals surface area contributed by atoms with E-state index in [-0.39, 0.29) is 6.03 Å². The van der Waals surface area contributed by atoms with Crippen molar-refractivity contribution in [2.24, 2.45) is 5.84 Å². The Kier molecular flexibility index (Phi) is 3.47. The van der Waals surface area contributed by atoms with Gasteiger partial charge < -0.3 is 9.32 Å². The topological polar surface area (TPSA) is 84.4 Å². The number of aromatic nitrogens is 1. The van der Waals surface area contributed by atoms with Crippen LogP contribution >= 0.6 is 0 Å². The van der Waals surface area contributed by atoms with E-state index < -0.39 is 0 Å². The summed E-state index contributed by atoms with van der Waals surface area (Å²) in [6, 6.07) is 5.54. The minimum absolute atomic E-state index is 0.298. The second-order valence-corrected chi connectivity index (χ2v) is 4.16. The van der Waals surface area contributed by atoms with E-state index in [1.807, 2.05) is 25.1 Å². The van der Waals surface area contributed by atoms with Crippen LogP contribution in [-0.2, 0) is 6.42 Å². The number of nitrogens with zero attached hydrogens (tertiary/aromatic N) is 2. The van der Waals surface area contributed by atoms with Crippen molar-refractivity contribution in [3.8, 4) is 0 Å². The van der Waals surface area contributed by atoms with Gasteiger partial charge in [-0.15, -0.1) is 0 Å². The molecule has 6 heteroatoms. The second-order valence-electron chi connectivity index (χ2n) is 4.16. The molecule has 1 aromatic carbocycles. The maximum absolute atomic E-state index is 11.2. The van der Waals surface area contributed by atoms with E-state index in [0.717, 1.165) is 23.1 Å². The zero-order chi connectivity index (χ0) is 13.1. The van der Waals surface area contributed by atoms with Gasteiger partial charge in [0.2, 0.25) is 0 Å². The minimum Gasteiger partial charge on any atom is -0.441 e. The van der Waals surface area contributed by atoms with E-state index in [0.29, 0.717) is 12.4 Å². The third-order valence-corrected chi connectivity index (χ3v) is 2.76. The van der Waals surface area contributed by atoms with E-state index in [1.54, 1.807) is 7.05 Å². The number of likely N-dealkylation sites (N-methyl/N-ethyl adjacent to an activating group) is 1. The highest BCUT2D eigenvalue weighted by atomic mass is 16.3. The van der Waals surface area contributed by atoms with Crippen LogP contribution in [0.4, 0.5) is 4.79 Å². The summed E-state index contributed by atoms with van der Waals surface area (Å²) in [7, 11) is 1.70. The Morgan fingerprint density at radius 2 is 2.33 bits per heavy atom. The number of oxazole rings is 1. The first-order chi connectivity index (χ1) is 8.60. The SMILES string of the molecule is Cc1nc2cc(CCN(C)C(=O)NN)ccc2o1. The zero-order valence-corrected chi connectivity index (χ0v) is 10.4. The van der Waals surface area contributed by atoms with Gasteiger partial charge in [-0.2, -0.15) is 0 Å². The number of hydrogen-bond donors (Lipinski definition) is 2. The molecule has 0 aliphatic rings. The molecule has 2 rings (SSSR count). The summed E-state index contributed by atoms with van der Waals surface area (Å²) in [6.07, 6.45) is 0.742. The lowest BCUT2D eigenvalue weighted by molar-refractivity contribution is 0.209. The fourth-order valence-corrected chi connectivity index (χ4v) is 1.75. The molecule has 1 aromatic heterocycles. The summed E-state index contributed by atoms with van der Waals surface area (Å²) < 4.78 is 5.40. The summed E-state index contributed by atoms with van der Waals surface area (Å²) in [5.74, 6) is 5.71. The molecular formula is C12H16N4O2. The number of carbonyl (C=O) groups is 1. The monoisotopic (exact) mass is 248 g/mol. The Bertz CT molecular complexity index is 564. The molecule has 0 aliphatic heterocycles. The first-order valence-corrected chi connectivity index (χ1v) is 5.68. The highest BCUT2D eigenvalue weighted by molar-refractivity contribution is 5.74. The van der Waals surface area contributed by atoms with Gasteiger partial charge in [0.25, 0.3) is 0 Å². The average molecular weight is 248 g/mol. The molecule has 0 unspecified atom stereocenters. The summed E-state index contributed by atoms with van der Waals surface area (Å²) in [5.41, 5.74) is 4.82. The van der Waals surface area contributed by atoms with E-state index in [9.17, 15) is 4.79 Å². The largest absolute Gasteiger partial charge is 0.441 e. The van der Waals surface area contributed by atoms with Crippen LogP contribution in [0.5, 0.6) is 0 Å². The second kappa shape index (κ2) is 5.05. The molecule has 0 saturated heterocycles. The van der Waals surface area contributed by atoms with Crippen LogP contribution in [0.2, 0.25) is 0 Å². The molecule has 0 aliphatic carbocycles. The number of urea groups is 1. The summed E-state index contributed by atoms with van der Waals surface area (Å²) in [5, 5.41) is 0. The standard InChI is InChI=1S/C12H16N4O2/c1-8-14-10-7-9(3-4-11(10)18-8)5-6-16(2)12(17)15-13/h3-4,7H,5-6,13H2,1-2H3,(H,15,17). The van der Waals surface area contributed by atoms with Gasteiger partial charge >= 0.3 is 6.03 Å². The molecule has 0 spiro atoms. The Morgan fingerprint density at radius 3 is 3.06 bits per heavy atom. The van der Waals surface area contributed by atoms with E-state index in [1.165, 1.54) is 4.90 Å². The molecule has 0 radical (unpaired) electrons. The Hall–Kier alpha value is -2.08. The smallest absolute Gasteiger partial charge is 0.331 e. The maximum Gasteiger partial charge on any atom is 0.331 e. The first-order valence-electron chi connectivity index (χ1n) is 5.68. The third-order valence-electron chi connectivity index (χ3n) is 2.76. The minimum atomic E-state index is -0.298. The number of amides is 2. The molecule has 0 bridgehead atoms. The average Bonchev–Trinajstić information content (AvgIpc) is 2.74. The van der Waals surface area contributed by atoms with Crippen molar-refractivity contribution in [2.75, 3.05) is 13.6 Å².